The molecule has 3 aromatic rings. The van der Waals surface area contributed by atoms with Gasteiger partial charge in [0.25, 0.3) is 0 Å². The number of rotatable bonds is 6. The number of amides is 1. The molecule has 2 N–H and O–H groups in total. The number of carbonyl (C=O) groups excluding carboxylic acids is 1. The van der Waals surface area contributed by atoms with Crippen LogP contribution in [0.25, 0.3) is 10.6 Å². The number of nitrogens with one attached hydrogen (secondary N) is 1. The third-order valence-electron chi connectivity index (χ3n) is 3.65. The van der Waals surface area contributed by atoms with Crippen LogP contribution in [0, 0.1) is 0 Å². The average molecular weight is 431 g/mol. The average Bonchev–Trinajstić information content (AvgIpc) is 3.08. The van der Waals surface area contributed by atoms with Gasteiger partial charge in [-0.05, 0) is 17.7 Å². The maximum atomic E-state index is 12.3. The summed E-state index contributed by atoms with van der Waals surface area (Å²) in [4.78, 5) is 28.2. The molecule has 0 fully saturated rings. The Balaban J connectivity index is 1.69. The molecule has 0 saturated carbocycles. The molecule has 1 heterocycles. The summed E-state index contributed by atoms with van der Waals surface area (Å²) >= 11 is 4.87. The molecule has 26 heavy (non-hydrogen) atoms. The van der Waals surface area contributed by atoms with Crippen molar-refractivity contribution in [2.24, 2.45) is 0 Å². The number of carbonyl (C=O) groups is 2. The summed E-state index contributed by atoms with van der Waals surface area (Å²) in [5.41, 5.74) is 2.10. The minimum Gasteiger partial charge on any atom is -0.479 e. The van der Waals surface area contributed by atoms with Gasteiger partial charge >= 0.3 is 5.97 Å². The molecule has 5 nitrogen and oxygen atoms in total. The van der Waals surface area contributed by atoms with E-state index in [1.54, 1.807) is 30.3 Å². The van der Waals surface area contributed by atoms with Gasteiger partial charge in [-0.15, -0.1) is 11.3 Å². The fraction of sp³-hybridized carbons (Fsp3) is 0.105. The van der Waals surface area contributed by atoms with Crippen molar-refractivity contribution < 1.29 is 14.7 Å². The highest BCUT2D eigenvalue weighted by molar-refractivity contribution is 9.10. The van der Waals surface area contributed by atoms with Crippen LogP contribution in [-0.4, -0.2) is 22.0 Å². The summed E-state index contributed by atoms with van der Waals surface area (Å²) < 4.78 is 0.955. The Morgan fingerprint density at radius 2 is 1.92 bits per heavy atom. The molecular weight excluding hydrogens is 416 g/mol. The van der Waals surface area contributed by atoms with E-state index in [-0.39, 0.29) is 12.3 Å². The maximum Gasteiger partial charge on any atom is 0.330 e. The number of carboxylic acids is 1. The largest absolute Gasteiger partial charge is 0.479 e. The monoisotopic (exact) mass is 430 g/mol. The van der Waals surface area contributed by atoms with Crippen LogP contribution in [0.1, 0.15) is 17.3 Å². The van der Waals surface area contributed by atoms with E-state index in [9.17, 15) is 14.7 Å². The Bertz CT molecular complexity index is 927. The summed E-state index contributed by atoms with van der Waals surface area (Å²) in [5, 5.41) is 14.6. The molecule has 0 saturated heterocycles. The lowest BCUT2D eigenvalue weighted by molar-refractivity contribution is -0.142. The molecule has 1 aromatic heterocycles. The lowest BCUT2D eigenvalue weighted by Crippen LogP contribution is -2.34. The van der Waals surface area contributed by atoms with Crippen molar-refractivity contribution >= 4 is 39.1 Å². The SMILES string of the molecule is O=C(Cc1csc(-c2cccc(Br)c2)n1)N[C@@H](C(=O)O)c1ccccc1. The highest BCUT2D eigenvalue weighted by Gasteiger charge is 2.22. The zero-order chi connectivity index (χ0) is 18.5. The van der Waals surface area contributed by atoms with Crippen molar-refractivity contribution in [2.75, 3.05) is 0 Å². The van der Waals surface area contributed by atoms with Crippen LogP contribution in [0.15, 0.2) is 64.5 Å². The third-order valence-corrected chi connectivity index (χ3v) is 5.08. The lowest BCUT2D eigenvalue weighted by Gasteiger charge is -2.14. The second kappa shape index (κ2) is 8.25. The number of benzene rings is 2. The number of aromatic nitrogens is 1. The molecule has 2 aromatic carbocycles. The smallest absolute Gasteiger partial charge is 0.330 e. The highest BCUT2D eigenvalue weighted by Crippen LogP contribution is 2.26. The summed E-state index contributed by atoms with van der Waals surface area (Å²) in [5.74, 6) is -1.48. The summed E-state index contributed by atoms with van der Waals surface area (Å²) in [6.07, 6.45) is 0.0289. The molecule has 3 rings (SSSR count). The first-order chi connectivity index (χ1) is 12.5. The lowest BCUT2D eigenvalue weighted by atomic mass is 10.1. The number of thiazole rings is 1. The topological polar surface area (TPSA) is 79.3 Å². The van der Waals surface area contributed by atoms with Crippen LogP contribution >= 0.6 is 27.3 Å². The maximum absolute atomic E-state index is 12.3. The van der Waals surface area contributed by atoms with Crippen LogP contribution in [-0.2, 0) is 16.0 Å². The van der Waals surface area contributed by atoms with Gasteiger partial charge < -0.3 is 10.4 Å². The van der Waals surface area contributed by atoms with Crippen molar-refractivity contribution in [2.45, 2.75) is 12.5 Å². The molecule has 0 aliphatic rings. The molecule has 0 aliphatic heterocycles. The summed E-state index contributed by atoms with van der Waals surface area (Å²) in [7, 11) is 0. The minimum absolute atomic E-state index is 0.0289. The van der Waals surface area contributed by atoms with E-state index >= 15 is 0 Å². The Labute approximate surface area is 162 Å². The zero-order valence-corrected chi connectivity index (χ0v) is 16.0. The number of halogens is 1. The number of hydrogen-bond donors (Lipinski definition) is 2. The van der Waals surface area contributed by atoms with Gasteiger partial charge in [-0.1, -0.05) is 58.4 Å². The molecule has 0 aliphatic carbocycles. The van der Waals surface area contributed by atoms with E-state index in [4.69, 9.17) is 0 Å². The Morgan fingerprint density at radius 1 is 1.15 bits per heavy atom. The van der Waals surface area contributed by atoms with Crippen LogP contribution in [0.5, 0.6) is 0 Å². The number of nitrogens with zero attached hydrogens (tertiary/aromatic N) is 1. The van der Waals surface area contributed by atoms with E-state index in [0.29, 0.717) is 11.3 Å². The molecule has 0 radical (unpaired) electrons. The van der Waals surface area contributed by atoms with E-state index in [0.717, 1.165) is 15.0 Å². The van der Waals surface area contributed by atoms with Crippen LogP contribution in [0.3, 0.4) is 0 Å². The van der Waals surface area contributed by atoms with Crippen molar-refractivity contribution in [1.82, 2.24) is 10.3 Å². The standard InChI is InChI=1S/C19H15BrN2O3S/c20-14-8-4-7-13(9-14)18-21-15(11-26-18)10-16(23)22-17(19(24)25)12-5-2-1-3-6-12/h1-9,11,17H,10H2,(H,22,23)(H,24,25)/t17-/m1/s1. The van der Waals surface area contributed by atoms with Crippen molar-refractivity contribution in [3.8, 4) is 10.6 Å². The second-order valence-corrected chi connectivity index (χ2v) is 7.35. The highest BCUT2D eigenvalue weighted by atomic mass is 79.9. The molecule has 132 valence electrons. The Kier molecular flexibility index (Phi) is 5.80. The van der Waals surface area contributed by atoms with E-state index < -0.39 is 12.0 Å². The molecule has 1 amide bonds. The minimum atomic E-state index is -1.10. The predicted molar refractivity (Wildman–Crippen MR) is 104 cm³/mol. The zero-order valence-electron chi connectivity index (χ0n) is 13.6. The van der Waals surface area contributed by atoms with Crippen molar-refractivity contribution in [1.29, 1.82) is 0 Å². The second-order valence-electron chi connectivity index (χ2n) is 5.58. The Hall–Kier alpha value is -2.51. The Morgan fingerprint density at radius 3 is 2.62 bits per heavy atom. The molecule has 0 bridgehead atoms. The number of carboxylic acid groups (broad SMARTS) is 1. The van der Waals surface area contributed by atoms with Crippen LogP contribution < -0.4 is 5.32 Å². The van der Waals surface area contributed by atoms with Crippen molar-refractivity contribution in [3.63, 3.8) is 0 Å². The van der Waals surface area contributed by atoms with Crippen LogP contribution in [0.2, 0.25) is 0 Å². The molecule has 7 heteroatoms. The van der Waals surface area contributed by atoms with E-state index in [1.807, 2.05) is 29.6 Å². The molecule has 0 unspecified atom stereocenters. The van der Waals surface area contributed by atoms with Gasteiger partial charge in [0.2, 0.25) is 5.91 Å². The molecular formula is C19H15BrN2O3S. The molecule has 1 atom stereocenters. The van der Waals surface area contributed by atoms with E-state index in [1.165, 1.54) is 11.3 Å². The van der Waals surface area contributed by atoms with Gasteiger partial charge in [-0.2, -0.15) is 0 Å². The first-order valence-corrected chi connectivity index (χ1v) is 9.47. The fourth-order valence-corrected chi connectivity index (χ4v) is 3.67. The van der Waals surface area contributed by atoms with Gasteiger partial charge in [0.05, 0.1) is 12.1 Å². The first-order valence-electron chi connectivity index (χ1n) is 7.80. The first kappa shape index (κ1) is 18.3. The van der Waals surface area contributed by atoms with Gasteiger partial charge in [-0.3, -0.25) is 4.79 Å². The predicted octanol–water partition coefficient (Wildman–Crippen LogP) is 4.06. The molecule has 0 spiro atoms. The summed E-state index contributed by atoms with van der Waals surface area (Å²) in [6, 6.07) is 15.3. The van der Waals surface area contributed by atoms with Gasteiger partial charge in [0, 0.05) is 15.4 Å². The normalized spacial score (nSPS) is 11.7. The van der Waals surface area contributed by atoms with Gasteiger partial charge in [-0.25, -0.2) is 9.78 Å². The van der Waals surface area contributed by atoms with Gasteiger partial charge in [0.15, 0.2) is 6.04 Å². The number of hydrogen-bond acceptors (Lipinski definition) is 4. The quantitative estimate of drug-likeness (QED) is 0.617. The van der Waals surface area contributed by atoms with Gasteiger partial charge in [0.1, 0.15) is 5.01 Å². The van der Waals surface area contributed by atoms with Crippen LogP contribution in [0.4, 0.5) is 0 Å². The fourth-order valence-electron chi connectivity index (χ4n) is 2.45. The van der Waals surface area contributed by atoms with E-state index in [2.05, 4.69) is 26.2 Å². The third kappa shape index (κ3) is 4.56. The van der Waals surface area contributed by atoms with Crippen molar-refractivity contribution in [3.05, 3.63) is 75.7 Å². The number of aliphatic carboxylic acids is 1. The summed E-state index contributed by atoms with van der Waals surface area (Å²) in [6.45, 7) is 0.